The number of aliphatic carboxylic acids is 1. The lowest BCUT2D eigenvalue weighted by atomic mass is 9.98. The van der Waals surface area contributed by atoms with Gasteiger partial charge in [-0.3, -0.25) is 4.79 Å². The fourth-order valence-electron chi connectivity index (χ4n) is 2.14. The molecule has 19 heavy (non-hydrogen) atoms. The van der Waals surface area contributed by atoms with Crippen molar-refractivity contribution >= 4 is 17.9 Å². The number of carbonyl (C=O) groups excluding carboxylic acids is 2. The third-order valence-corrected chi connectivity index (χ3v) is 3.34. The van der Waals surface area contributed by atoms with Gasteiger partial charge in [0.2, 0.25) is 5.91 Å². The number of urea groups is 1. The van der Waals surface area contributed by atoms with E-state index in [1.54, 1.807) is 14.1 Å². The smallest absolute Gasteiger partial charge is 0.329 e. The van der Waals surface area contributed by atoms with Crippen LogP contribution in [-0.4, -0.2) is 54.1 Å². The van der Waals surface area contributed by atoms with Crippen LogP contribution in [0.5, 0.6) is 0 Å². The van der Waals surface area contributed by atoms with Gasteiger partial charge in [-0.2, -0.15) is 0 Å². The number of hydrogen-bond acceptors (Lipinski definition) is 3. The Balaban J connectivity index is 2.38. The zero-order valence-electron chi connectivity index (χ0n) is 11.4. The molecule has 0 spiro atoms. The molecule has 0 aromatic carbocycles. The van der Waals surface area contributed by atoms with Crippen LogP contribution in [0.3, 0.4) is 0 Å². The normalized spacial score (nSPS) is 16.7. The van der Waals surface area contributed by atoms with E-state index < -0.39 is 17.5 Å². The van der Waals surface area contributed by atoms with Gasteiger partial charge < -0.3 is 20.6 Å². The van der Waals surface area contributed by atoms with Crippen LogP contribution in [0.4, 0.5) is 4.79 Å². The van der Waals surface area contributed by atoms with Crippen molar-refractivity contribution in [3.8, 4) is 0 Å². The lowest BCUT2D eigenvalue weighted by Gasteiger charge is -2.25. The summed E-state index contributed by atoms with van der Waals surface area (Å²) in [6.45, 7) is 0.193. The van der Waals surface area contributed by atoms with Crippen molar-refractivity contribution in [1.29, 1.82) is 0 Å². The van der Waals surface area contributed by atoms with E-state index in [1.165, 1.54) is 4.90 Å². The number of carboxylic acids is 1. The molecule has 3 N–H and O–H groups in total. The van der Waals surface area contributed by atoms with E-state index >= 15 is 0 Å². The maximum absolute atomic E-state index is 11.6. The van der Waals surface area contributed by atoms with Crippen molar-refractivity contribution in [2.24, 2.45) is 0 Å². The van der Waals surface area contributed by atoms with E-state index in [9.17, 15) is 19.5 Å². The Kier molecular flexibility index (Phi) is 5.14. The minimum Gasteiger partial charge on any atom is -0.480 e. The minimum absolute atomic E-state index is 0.0888. The van der Waals surface area contributed by atoms with Crippen LogP contribution in [0.15, 0.2) is 0 Å². The molecule has 0 bridgehead atoms. The number of rotatable bonds is 5. The summed E-state index contributed by atoms with van der Waals surface area (Å²) >= 11 is 0. The molecule has 0 aliphatic heterocycles. The number of carboxylic acid groups (broad SMARTS) is 1. The number of amides is 3. The fourth-order valence-corrected chi connectivity index (χ4v) is 2.14. The molecule has 0 aromatic heterocycles. The van der Waals surface area contributed by atoms with Gasteiger partial charge in [-0.05, 0) is 12.8 Å². The van der Waals surface area contributed by atoms with Crippen LogP contribution in [0.1, 0.15) is 32.1 Å². The summed E-state index contributed by atoms with van der Waals surface area (Å²) in [6, 6.07) is -0.532. The maximum atomic E-state index is 11.6. The number of hydrogen-bond donors (Lipinski definition) is 3. The molecule has 1 fully saturated rings. The average Bonchev–Trinajstić information content (AvgIpc) is 2.78. The van der Waals surface area contributed by atoms with Gasteiger partial charge in [0.1, 0.15) is 5.54 Å². The number of nitrogens with zero attached hydrogens (tertiary/aromatic N) is 1. The van der Waals surface area contributed by atoms with Gasteiger partial charge in [0.25, 0.3) is 0 Å². The van der Waals surface area contributed by atoms with E-state index in [1.807, 2.05) is 0 Å². The highest BCUT2D eigenvalue weighted by molar-refractivity contribution is 5.86. The molecule has 0 aromatic rings. The summed E-state index contributed by atoms with van der Waals surface area (Å²) < 4.78 is 0. The lowest BCUT2D eigenvalue weighted by molar-refractivity contribution is -0.144. The number of carbonyl (C=O) groups is 3. The SMILES string of the molecule is CN(C)C(=O)CCNC(=O)NC1(C(=O)O)CCCC1. The first-order valence-corrected chi connectivity index (χ1v) is 6.37. The number of nitrogens with one attached hydrogen (secondary N) is 2. The monoisotopic (exact) mass is 271 g/mol. The molecule has 0 unspecified atom stereocenters. The van der Waals surface area contributed by atoms with Crippen LogP contribution < -0.4 is 10.6 Å². The van der Waals surface area contributed by atoms with Gasteiger partial charge in [-0.15, -0.1) is 0 Å². The van der Waals surface area contributed by atoms with Gasteiger partial charge in [-0.25, -0.2) is 9.59 Å². The summed E-state index contributed by atoms with van der Waals surface area (Å²) in [4.78, 5) is 35.6. The molecule has 108 valence electrons. The molecular formula is C12H21N3O4. The van der Waals surface area contributed by atoms with Gasteiger partial charge >= 0.3 is 12.0 Å². The molecule has 0 atom stereocenters. The molecule has 1 rings (SSSR count). The summed E-state index contributed by atoms with van der Waals surface area (Å²) in [5.41, 5.74) is -1.14. The van der Waals surface area contributed by atoms with Crippen LogP contribution in [0, 0.1) is 0 Å². The maximum Gasteiger partial charge on any atom is 0.329 e. The summed E-state index contributed by atoms with van der Waals surface area (Å²) in [5.74, 6) is -1.08. The quantitative estimate of drug-likeness (QED) is 0.663. The molecule has 3 amide bonds. The lowest BCUT2D eigenvalue weighted by Crippen LogP contribution is -2.55. The Labute approximate surface area is 112 Å². The Morgan fingerprint density at radius 3 is 2.26 bits per heavy atom. The van der Waals surface area contributed by atoms with Crippen molar-refractivity contribution < 1.29 is 19.5 Å². The van der Waals surface area contributed by atoms with E-state index in [-0.39, 0.29) is 18.9 Å². The molecular weight excluding hydrogens is 250 g/mol. The molecule has 0 heterocycles. The van der Waals surface area contributed by atoms with Gasteiger partial charge in [0, 0.05) is 27.1 Å². The molecule has 0 saturated heterocycles. The van der Waals surface area contributed by atoms with E-state index in [2.05, 4.69) is 10.6 Å². The third-order valence-electron chi connectivity index (χ3n) is 3.34. The summed E-state index contributed by atoms with van der Waals surface area (Å²) in [5, 5.41) is 14.2. The Morgan fingerprint density at radius 1 is 1.21 bits per heavy atom. The molecule has 7 nitrogen and oxygen atoms in total. The highest BCUT2D eigenvalue weighted by Crippen LogP contribution is 2.29. The fraction of sp³-hybridized carbons (Fsp3) is 0.750. The Bertz CT molecular complexity index is 362. The van der Waals surface area contributed by atoms with Gasteiger partial charge in [-0.1, -0.05) is 12.8 Å². The molecule has 1 saturated carbocycles. The van der Waals surface area contributed by atoms with Crippen molar-refractivity contribution in [1.82, 2.24) is 15.5 Å². The van der Waals surface area contributed by atoms with E-state index in [0.29, 0.717) is 12.8 Å². The first kappa shape index (κ1) is 15.3. The summed E-state index contributed by atoms with van der Waals surface area (Å²) in [6.07, 6.45) is 2.69. The minimum atomic E-state index is -1.14. The van der Waals surface area contributed by atoms with Crippen LogP contribution >= 0.6 is 0 Å². The van der Waals surface area contributed by atoms with E-state index in [0.717, 1.165) is 12.8 Å². The van der Waals surface area contributed by atoms with Gasteiger partial charge in [0.15, 0.2) is 0 Å². The highest BCUT2D eigenvalue weighted by Gasteiger charge is 2.42. The highest BCUT2D eigenvalue weighted by atomic mass is 16.4. The second-order valence-corrected chi connectivity index (χ2v) is 5.01. The molecule has 1 aliphatic carbocycles. The van der Waals surface area contributed by atoms with Crippen molar-refractivity contribution in [2.45, 2.75) is 37.6 Å². The Morgan fingerprint density at radius 2 is 1.79 bits per heavy atom. The zero-order valence-corrected chi connectivity index (χ0v) is 11.4. The standard InChI is InChI=1S/C12H21N3O4/c1-15(2)9(16)5-8-13-11(19)14-12(10(17)18)6-3-4-7-12/h3-8H2,1-2H3,(H,17,18)(H2,13,14,19). The third kappa shape index (κ3) is 4.11. The molecule has 1 aliphatic rings. The first-order chi connectivity index (χ1) is 8.87. The van der Waals surface area contributed by atoms with Crippen molar-refractivity contribution in [3.63, 3.8) is 0 Å². The second kappa shape index (κ2) is 6.40. The first-order valence-electron chi connectivity index (χ1n) is 6.37. The average molecular weight is 271 g/mol. The van der Waals surface area contributed by atoms with E-state index in [4.69, 9.17) is 0 Å². The van der Waals surface area contributed by atoms with Crippen molar-refractivity contribution in [3.05, 3.63) is 0 Å². The van der Waals surface area contributed by atoms with Crippen LogP contribution in [0.2, 0.25) is 0 Å². The van der Waals surface area contributed by atoms with Gasteiger partial charge in [0.05, 0.1) is 0 Å². The largest absolute Gasteiger partial charge is 0.480 e. The second-order valence-electron chi connectivity index (χ2n) is 5.01. The summed E-state index contributed by atoms with van der Waals surface area (Å²) in [7, 11) is 3.28. The topological polar surface area (TPSA) is 98.7 Å². The molecule has 7 heteroatoms. The Hall–Kier alpha value is -1.79. The predicted molar refractivity (Wildman–Crippen MR) is 68.7 cm³/mol. The van der Waals surface area contributed by atoms with Crippen LogP contribution in [-0.2, 0) is 9.59 Å². The van der Waals surface area contributed by atoms with Crippen LogP contribution in [0.25, 0.3) is 0 Å². The predicted octanol–water partition coefficient (Wildman–Crippen LogP) is 0.161. The van der Waals surface area contributed by atoms with Crippen molar-refractivity contribution in [2.75, 3.05) is 20.6 Å². The zero-order chi connectivity index (χ0) is 14.5. The molecule has 0 radical (unpaired) electrons.